The quantitative estimate of drug-likeness (QED) is 0.353. The lowest BCUT2D eigenvalue weighted by molar-refractivity contribution is 0.322. The predicted octanol–water partition coefficient (Wildman–Crippen LogP) is 2.24. The van der Waals surface area contributed by atoms with Crippen molar-refractivity contribution < 1.29 is 4.74 Å². The minimum absolute atomic E-state index is 0. The van der Waals surface area contributed by atoms with Gasteiger partial charge in [0, 0.05) is 6.54 Å². The smallest absolute Gasteiger partial charge is 0.188 e. The molecule has 1 rings (SSSR count). The van der Waals surface area contributed by atoms with Gasteiger partial charge in [0.25, 0.3) is 0 Å². The number of aliphatic imine (C=N–C) groups is 1. The number of nitrogens with two attached hydrogens (primary N) is 1. The normalized spacial score (nSPS) is 10.9. The Morgan fingerprint density at radius 1 is 1.33 bits per heavy atom. The van der Waals surface area contributed by atoms with Crippen molar-refractivity contribution in [3.63, 3.8) is 0 Å². The summed E-state index contributed by atoms with van der Waals surface area (Å²) in [6.45, 7) is 6.19. The van der Waals surface area contributed by atoms with Gasteiger partial charge in [-0.25, -0.2) is 0 Å². The van der Waals surface area contributed by atoms with E-state index in [9.17, 15) is 0 Å². The van der Waals surface area contributed by atoms with E-state index in [1.807, 2.05) is 30.3 Å². The molecule has 0 radical (unpaired) electrons. The van der Waals surface area contributed by atoms with Gasteiger partial charge in [-0.15, -0.1) is 24.0 Å². The Balaban J connectivity index is 0.00000289. The van der Waals surface area contributed by atoms with Crippen LogP contribution in [0.4, 0.5) is 0 Å². The van der Waals surface area contributed by atoms with E-state index in [0.717, 1.165) is 12.3 Å². The molecule has 0 fully saturated rings. The molecule has 0 atom stereocenters. The van der Waals surface area contributed by atoms with Crippen molar-refractivity contribution in [2.24, 2.45) is 16.6 Å². The van der Waals surface area contributed by atoms with Crippen molar-refractivity contribution >= 4 is 29.9 Å². The summed E-state index contributed by atoms with van der Waals surface area (Å²) in [5.41, 5.74) is 5.68. The van der Waals surface area contributed by atoms with E-state index in [0.29, 0.717) is 25.0 Å². The Labute approximate surface area is 126 Å². The van der Waals surface area contributed by atoms with Gasteiger partial charge in [-0.2, -0.15) is 0 Å². The number of nitrogens with one attached hydrogen (secondary N) is 1. The fourth-order valence-electron chi connectivity index (χ4n) is 1.20. The fraction of sp³-hybridized carbons (Fsp3) is 0.462. The summed E-state index contributed by atoms with van der Waals surface area (Å²) in [7, 11) is 0. The second-order valence-corrected chi connectivity index (χ2v) is 4.21. The molecule has 1 aromatic carbocycles. The summed E-state index contributed by atoms with van der Waals surface area (Å²) in [6.07, 6.45) is 0. The number of nitrogens with zero attached hydrogens (tertiary/aromatic N) is 1. The second kappa shape index (κ2) is 9.99. The first-order valence-electron chi connectivity index (χ1n) is 5.90. The SMILES string of the molecule is CC(C)CN=C(N)NCCOc1ccccc1.I. The minimum Gasteiger partial charge on any atom is -0.492 e. The number of hydrogen-bond donors (Lipinski definition) is 2. The Bertz CT molecular complexity index is 341. The highest BCUT2D eigenvalue weighted by molar-refractivity contribution is 14.0. The molecule has 5 heteroatoms. The van der Waals surface area contributed by atoms with Crippen LogP contribution in [0.3, 0.4) is 0 Å². The zero-order valence-electron chi connectivity index (χ0n) is 10.9. The van der Waals surface area contributed by atoms with Crippen molar-refractivity contribution in [1.29, 1.82) is 0 Å². The number of rotatable bonds is 6. The molecular formula is C13H22IN3O. The molecule has 0 spiro atoms. The molecule has 0 bridgehead atoms. The van der Waals surface area contributed by atoms with Crippen LogP contribution < -0.4 is 15.8 Å². The van der Waals surface area contributed by atoms with E-state index in [1.54, 1.807) is 0 Å². The molecule has 0 amide bonds. The van der Waals surface area contributed by atoms with Crippen molar-refractivity contribution in [3.8, 4) is 5.75 Å². The molecular weight excluding hydrogens is 341 g/mol. The lowest BCUT2D eigenvalue weighted by atomic mass is 10.2. The van der Waals surface area contributed by atoms with Crippen LogP contribution in [0, 0.1) is 5.92 Å². The van der Waals surface area contributed by atoms with E-state index in [2.05, 4.69) is 24.2 Å². The van der Waals surface area contributed by atoms with Gasteiger partial charge >= 0.3 is 0 Å². The topological polar surface area (TPSA) is 59.6 Å². The Hall–Kier alpha value is -0.980. The number of ether oxygens (including phenoxy) is 1. The minimum atomic E-state index is 0. The average Bonchev–Trinajstić information content (AvgIpc) is 2.33. The molecule has 3 N–H and O–H groups in total. The summed E-state index contributed by atoms with van der Waals surface area (Å²) < 4.78 is 5.51. The van der Waals surface area contributed by atoms with E-state index >= 15 is 0 Å². The van der Waals surface area contributed by atoms with Crippen LogP contribution in [0.5, 0.6) is 5.75 Å². The van der Waals surface area contributed by atoms with Gasteiger partial charge < -0.3 is 15.8 Å². The van der Waals surface area contributed by atoms with Gasteiger partial charge in [0.2, 0.25) is 0 Å². The molecule has 18 heavy (non-hydrogen) atoms. The Morgan fingerprint density at radius 3 is 2.61 bits per heavy atom. The number of para-hydroxylation sites is 1. The highest BCUT2D eigenvalue weighted by Gasteiger charge is 1.95. The van der Waals surface area contributed by atoms with Crippen LogP contribution in [0.15, 0.2) is 35.3 Å². The third-order valence-electron chi connectivity index (χ3n) is 2.05. The lowest BCUT2D eigenvalue weighted by Crippen LogP contribution is -2.35. The highest BCUT2D eigenvalue weighted by Crippen LogP contribution is 2.07. The van der Waals surface area contributed by atoms with Gasteiger partial charge in [-0.1, -0.05) is 32.0 Å². The van der Waals surface area contributed by atoms with Gasteiger partial charge in [0.05, 0.1) is 6.54 Å². The van der Waals surface area contributed by atoms with Crippen LogP contribution in [0.1, 0.15) is 13.8 Å². The first kappa shape index (κ1) is 17.0. The summed E-state index contributed by atoms with van der Waals surface area (Å²) >= 11 is 0. The molecule has 0 saturated heterocycles. The molecule has 102 valence electrons. The fourth-order valence-corrected chi connectivity index (χ4v) is 1.20. The van der Waals surface area contributed by atoms with Gasteiger partial charge in [-0.3, -0.25) is 4.99 Å². The molecule has 0 aliphatic heterocycles. The standard InChI is InChI=1S/C13H21N3O.HI/c1-11(2)10-16-13(14)15-8-9-17-12-6-4-3-5-7-12;/h3-7,11H,8-10H2,1-2H3,(H3,14,15,16);1H. The summed E-state index contributed by atoms with van der Waals surface area (Å²) in [4.78, 5) is 4.20. The first-order valence-corrected chi connectivity index (χ1v) is 5.90. The van der Waals surface area contributed by atoms with Crippen molar-refractivity contribution in [2.45, 2.75) is 13.8 Å². The Morgan fingerprint density at radius 2 is 2.00 bits per heavy atom. The highest BCUT2D eigenvalue weighted by atomic mass is 127. The largest absolute Gasteiger partial charge is 0.492 e. The van der Waals surface area contributed by atoms with E-state index in [-0.39, 0.29) is 24.0 Å². The molecule has 0 unspecified atom stereocenters. The summed E-state index contributed by atoms with van der Waals surface area (Å²) in [5.74, 6) is 1.87. The first-order chi connectivity index (χ1) is 8.18. The van der Waals surface area contributed by atoms with E-state index in [1.165, 1.54) is 0 Å². The van der Waals surface area contributed by atoms with Crippen LogP contribution in [-0.4, -0.2) is 25.7 Å². The molecule has 0 aromatic heterocycles. The van der Waals surface area contributed by atoms with Crippen molar-refractivity contribution in [1.82, 2.24) is 5.32 Å². The molecule has 4 nitrogen and oxygen atoms in total. The molecule has 1 aromatic rings. The number of guanidine groups is 1. The van der Waals surface area contributed by atoms with Crippen molar-refractivity contribution in [3.05, 3.63) is 30.3 Å². The predicted molar refractivity (Wildman–Crippen MR) is 86.7 cm³/mol. The molecule has 0 aliphatic carbocycles. The zero-order valence-corrected chi connectivity index (χ0v) is 13.3. The maximum atomic E-state index is 5.68. The van der Waals surface area contributed by atoms with Gasteiger partial charge in [0.15, 0.2) is 5.96 Å². The summed E-state index contributed by atoms with van der Waals surface area (Å²) in [5, 5.41) is 3.01. The summed E-state index contributed by atoms with van der Waals surface area (Å²) in [6, 6.07) is 9.70. The zero-order chi connectivity index (χ0) is 12.5. The van der Waals surface area contributed by atoms with Crippen molar-refractivity contribution in [2.75, 3.05) is 19.7 Å². The van der Waals surface area contributed by atoms with Crippen LogP contribution in [-0.2, 0) is 0 Å². The maximum absolute atomic E-state index is 5.68. The third kappa shape index (κ3) is 8.16. The number of halogens is 1. The molecule has 0 aliphatic rings. The van der Waals surface area contributed by atoms with Gasteiger partial charge in [-0.05, 0) is 18.1 Å². The maximum Gasteiger partial charge on any atom is 0.188 e. The van der Waals surface area contributed by atoms with Gasteiger partial charge in [0.1, 0.15) is 12.4 Å². The Kier molecular flexibility index (Phi) is 9.45. The van der Waals surface area contributed by atoms with E-state index < -0.39 is 0 Å². The molecule has 0 heterocycles. The lowest BCUT2D eigenvalue weighted by Gasteiger charge is -2.08. The number of benzene rings is 1. The average molecular weight is 363 g/mol. The van der Waals surface area contributed by atoms with E-state index in [4.69, 9.17) is 10.5 Å². The van der Waals surface area contributed by atoms with Crippen LogP contribution >= 0.6 is 24.0 Å². The molecule has 0 saturated carbocycles. The second-order valence-electron chi connectivity index (χ2n) is 4.21. The monoisotopic (exact) mass is 363 g/mol. The third-order valence-corrected chi connectivity index (χ3v) is 2.05. The number of hydrogen-bond acceptors (Lipinski definition) is 2. The van der Waals surface area contributed by atoms with Crippen LogP contribution in [0.2, 0.25) is 0 Å². The van der Waals surface area contributed by atoms with Crippen LogP contribution in [0.25, 0.3) is 0 Å².